The molecule has 2 aromatic rings. The fourth-order valence-electron chi connectivity index (χ4n) is 3.94. The fourth-order valence-corrected chi connectivity index (χ4v) is 4.25. The molecule has 2 heterocycles. The predicted molar refractivity (Wildman–Crippen MR) is 114 cm³/mol. The number of nitrogens with zero attached hydrogens (tertiary/aromatic N) is 4. The van der Waals surface area contributed by atoms with Gasteiger partial charge < -0.3 is 9.80 Å². The average molecular weight is 417 g/mol. The van der Waals surface area contributed by atoms with Crippen LogP contribution in [0.5, 0.6) is 0 Å². The summed E-state index contributed by atoms with van der Waals surface area (Å²) >= 11 is 6.54. The van der Waals surface area contributed by atoms with Gasteiger partial charge in [0.1, 0.15) is 5.15 Å². The summed E-state index contributed by atoms with van der Waals surface area (Å²) in [5, 5.41) is 4.86. The fraction of sp³-hybridized carbons (Fsp3) is 0.500. The van der Waals surface area contributed by atoms with Crippen LogP contribution in [0, 0.1) is 12.8 Å². The van der Waals surface area contributed by atoms with Crippen LogP contribution in [0.2, 0.25) is 5.15 Å². The summed E-state index contributed by atoms with van der Waals surface area (Å²) in [5.41, 5.74) is 2.18. The Hall–Kier alpha value is -2.34. The van der Waals surface area contributed by atoms with Gasteiger partial charge in [-0.3, -0.25) is 9.59 Å². The van der Waals surface area contributed by atoms with Gasteiger partial charge in [-0.1, -0.05) is 41.9 Å². The van der Waals surface area contributed by atoms with Crippen molar-refractivity contribution in [1.82, 2.24) is 19.6 Å². The molecular weight excluding hydrogens is 388 g/mol. The zero-order chi connectivity index (χ0) is 21.0. The second-order valence-electron chi connectivity index (χ2n) is 7.47. The van der Waals surface area contributed by atoms with Gasteiger partial charge in [0, 0.05) is 32.1 Å². The number of aromatic nitrogens is 2. The van der Waals surface area contributed by atoms with Gasteiger partial charge in [0.05, 0.1) is 17.8 Å². The summed E-state index contributed by atoms with van der Waals surface area (Å²) in [4.78, 5) is 29.4. The lowest BCUT2D eigenvalue weighted by molar-refractivity contribution is -0.136. The van der Waals surface area contributed by atoms with Crippen molar-refractivity contribution in [3.63, 3.8) is 0 Å². The van der Waals surface area contributed by atoms with Crippen molar-refractivity contribution in [3.8, 4) is 0 Å². The van der Waals surface area contributed by atoms with E-state index in [0.717, 1.165) is 18.7 Å². The van der Waals surface area contributed by atoms with Crippen molar-refractivity contribution < 1.29 is 9.59 Å². The molecule has 0 atom stereocenters. The van der Waals surface area contributed by atoms with Gasteiger partial charge in [-0.2, -0.15) is 5.10 Å². The van der Waals surface area contributed by atoms with Crippen LogP contribution in [0.1, 0.15) is 48.3 Å². The van der Waals surface area contributed by atoms with E-state index >= 15 is 0 Å². The van der Waals surface area contributed by atoms with Gasteiger partial charge in [0.25, 0.3) is 5.91 Å². The number of amides is 2. The highest BCUT2D eigenvalue weighted by atomic mass is 35.5. The molecule has 0 aliphatic carbocycles. The van der Waals surface area contributed by atoms with Crippen LogP contribution >= 0.6 is 11.6 Å². The molecule has 3 rings (SSSR count). The third-order valence-corrected chi connectivity index (χ3v) is 6.05. The highest BCUT2D eigenvalue weighted by molar-refractivity contribution is 6.33. The minimum Gasteiger partial charge on any atom is -0.343 e. The third kappa shape index (κ3) is 4.64. The molecule has 1 saturated heterocycles. The van der Waals surface area contributed by atoms with Gasteiger partial charge in [0.2, 0.25) is 5.91 Å². The van der Waals surface area contributed by atoms with E-state index in [-0.39, 0.29) is 17.7 Å². The van der Waals surface area contributed by atoms with Gasteiger partial charge in [-0.25, -0.2) is 4.68 Å². The summed E-state index contributed by atoms with van der Waals surface area (Å²) in [5.74, 6) is 0.101. The largest absolute Gasteiger partial charge is 0.343 e. The summed E-state index contributed by atoms with van der Waals surface area (Å²) < 4.78 is 1.68. The first-order valence-electron chi connectivity index (χ1n) is 10.3. The van der Waals surface area contributed by atoms with Crippen LogP contribution in [-0.2, 0) is 11.3 Å². The predicted octanol–water partition coefficient (Wildman–Crippen LogP) is 3.61. The Labute approximate surface area is 177 Å². The Balaban J connectivity index is 1.68. The highest BCUT2D eigenvalue weighted by Crippen LogP contribution is 2.26. The molecule has 0 bridgehead atoms. The maximum Gasteiger partial charge on any atom is 0.258 e. The van der Waals surface area contributed by atoms with Gasteiger partial charge in [-0.05, 0) is 39.2 Å². The minimum absolute atomic E-state index is 0.00340. The van der Waals surface area contributed by atoms with Crippen LogP contribution in [0.4, 0.5) is 0 Å². The van der Waals surface area contributed by atoms with E-state index in [2.05, 4.69) is 5.10 Å². The van der Waals surface area contributed by atoms with Crippen molar-refractivity contribution >= 4 is 23.4 Å². The zero-order valence-corrected chi connectivity index (χ0v) is 18.2. The van der Waals surface area contributed by atoms with Crippen molar-refractivity contribution in [2.24, 2.45) is 5.92 Å². The zero-order valence-electron chi connectivity index (χ0n) is 17.4. The normalized spacial score (nSPS) is 14.8. The smallest absolute Gasteiger partial charge is 0.258 e. The number of likely N-dealkylation sites (tertiary alicyclic amines) is 1. The topological polar surface area (TPSA) is 58.4 Å². The maximum absolute atomic E-state index is 13.1. The molecule has 1 aliphatic rings. The standard InChI is InChI=1S/C22H29ClN4O2/c1-4-25(5-2)21(28)18-11-13-26(14-12-18)22(29)19-16(3)24-27(20(19)23)15-17-9-7-6-8-10-17/h6-10,18H,4-5,11-15H2,1-3H3. The molecule has 1 fully saturated rings. The molecule has 0 saturated carbocycles. The second kappa shape index (κ2) is 9.44. The summed E-state index contributed by atoms with van der Waals surface area (Å²) in [6.07, 6.45) is 1.38. The maximum atomic E-state index is 13.1. The number of carbonyl (C=O) groups excluding carboxylic acids is 2. The van der Waals surface area contributed by atoms with Crippen LogP contribution in [0.25, 0.3) is 0 Å². The van der Waals surface area contributed by atoms with E-state index in [1.54, 1.807) is 9.58 Å². The van der Waals surface area contributed by atoms with Gasteiger partial charge >= 0.3 is 0 Å². The van der Waals surface area contributed by atoms with E-state index < -0.39 is 0 Å². The first kappa shape index (κ1) is 21.4. The molecule has 6 nitrogen and oxygen atoms in total. The molecule has 0 unspecified atom stereocenters. The number of carbonyl (C=O) groups is 2. The van der Waals surface area contributed by atoms with Gasteiger partial charge in [0.15, 0.2) is 0 Å². The Morgan fingerprint density at radius 1 is 1.14 bits per heavy atom. The van der Waals surface area contributed by atoms with Crippen LogP contribution in [0.15, 0.2) is 30.3 Å². The first-order valence-corrected chi connectivity index (χ1v) is 10.7. The highest BCUT2D eigenvalue weighted by Gasteiger charge is 2.32. The summed E-state index contributed by atoms with van der Waals surface area (Å²) in [6, 6.07) is 9.91. The summed E-state index contributed by atoms with van der Waals surface area (Å²) in [7, 11) is 0. The Bertz CT molecular complexity index is 853. The number of benzene rings is 1. The first-order chi connectivity index (χ1) is 14.0. The van der Waals surface area contributed by atoms with E-state index in [0.29, 0.717) is 48.9 Å². The molecule has 2 amide bonds. The van der Waals surface area contributed by atoms with Crippen molar-refractivity contribution in [2.75, 3.05) is 26.2 Å². The van der Waals surface area contributed by atoms with E-state index in [4.69, 9.17) is 11.6 Å². The Kier molecular flexibility index (Phi) is 6.96. The minimum atomic E-state index is -0.0967. The van der Waals surface area contributed by atoms with E-state index in [9.17, 15) is 9.59 Å². The molecule has 156 valence electrons. The molecule has 1 aromatic carbocycles. The quantitative estimate of drug-likeness (QED) is 0.722. The lowest BCUT2D eigenvalue weighted by Crippen LogP contribution is -2.44. The van der Waals surface area contributed by atoms with Crippen LogP contribution in [-0.4, -0.2) is 57.6 Å². The lowest BCUT2D eigenvalue weighted by atomic mass is 9.94. The monoisotopic (exact) mass is 416 g/mol. The number of piperidine rings is 1. The van der Waals surface area contributed by atoms with Gasteiger partial charge in [-0.15, -0.1) is 0 Å². The molecule has 0 spiro atoms. The Morgan fingerprint density at radius 3 is 2.34 bits per heavy atom. The molecule has 7 heteroatoms. The number of halogens is 1. The van der Waals surface area contributed by atoms with Crippen molar-refractivity contribution in [2.45, 2.75) is 40.2 Å². The van der Waals surface area contributed by atoms with Crippen molar-refractivity contribution in [1.29, 1.82) is 0 Å². The van der Waals surface area contributed by atoms with E-state index in [1.807, 2.05) is 56.0 Å². The summed E-state index contributed by atoms with van der Waals surface area (Å²) in [6.45, 7) is 8.92. The molecule has 0 radical (unpaired) electrons. The third-order valence-electron chi connectivity index (χ3n) is 5.66. The second-order valence-corrected chi connectivity index (χ2v) is 7.83. The lowest BCUT2D eigenvalue weighted by Gasteiger charge is -2.33. The number of rotatable bonds is 6. The Morgan fingerprint density at radius 2 is 1.76 bits per heavy atom. The number of aryl methyl sites for hydroxylation is 1. The number of hydrogen-bond donors (Lipinski definition) is 0. The molecule has 0 N–H and O–H groups in total. The average Bonchev–Trinajstić information content (AvgIpc) is 3.02. The molecule has 1 aliphatic heterocycles. The van der Waals surface area contributed by atoms with Crippen LogP contribution in [0.3, 0.4) is 0 Å². The SMILES string of the molecule is CCN(CC)C(=O)C1CCN(C(=O)c2c(C)nn(Cc3ccccc3)c2Cl)CC1. The molecule has 1 aromatic heterocycles. The van der Waals surface area contributed by atoms with Crippen LogP contribution < -0.4 is 0 Å². The number of hydrogen-bond acceptors (Lipinski definition) is 3. The van der Waals surface area contributed by atoms with E-state index in [1.165, 1.54) is 0 Å². The van der Waals surface area contributed by atoms with Crippen molar-refractivity contribution in [3.05, 3.63) is 52.3 Å². The molecule has 29 heavy (non-hydrogen) atoms. The molecular formula is C22H29ClN4O2.